The van der Waals surface area contributed by atoms with E-state index in [1.807, 2.05) is 48.6 Å². The number of carbonyl (C=O) groups excluding carboxylic acids is 4. The van der Waals surface area contributed by atoms with E-state index >= 15 is 0 Å². The SMILES string of the molecule is COc1ccc(-c2nc3ccccc3nc2O[C@H]2CC3C(=O)[C@H](NC(=O)OC(C)(C)C)CCCCC/C=C\C4C[C@@]4(C(=O)NS(=O)(=O)C4CC4)NC(=O)[C@@H]3C2)cc1. The summed E-state index contributed by atoms with van der Waals surface area (Å²) in [5.74, 6) is -3.16. The van der Waals surface area contributed by atoms with Crippen molar-refractivity contribution in [3.63, 3.8) is 0 Å². The lowest BCUT2D eigenvalue weighted by atomic mass is 9.85. The van der Waals surface area contributed by atoms with E-state index in [1.54, 1.807) is 40.0 Å². The van der Waals surface area contributed by atoms with Crippen molar-refractivity contribution in [1.29, 1.82) is 0 Å². The van der Waals surface area contributed by atoms with Crippen LogP contribution >= 0.6 is 0 Å². The summed E-state index contributed by atoms with van der Waals surface area (Å²) in [5, 5.41) is 5.09. The maximum absolute atomic E-state index is 14.7. The molecule has 57 heavy (non-hydrogen) atoms. The van der Waals surface area contributed by atoms with Crippen LogP contribution in [0, 0.1) is 17.8 Å². The van der Waals surface area contributed by atoms with Crippen molar-refractivity contribution in [2.75, 3.05) is 7.11 Å². The van der Waals surface area contributed by atoms with Crippen LogP contribution in [0.25, 0.3) is 22.3 Å². The van der Waals surface area contributed by atoms with Gasteiger partial charge in [0.1, 0.15) is 28.7 Å². The summed E-state index contributed by atoms with van der Waals surface area (Å²) in [6, 6.07) is 13.7. The zero-order valence-corrected chi connectivity index (χ0v) is 33.6. The zero-order chi connectivity index (χ0) is 40.5. The number of carbonyl (C=O) groups is 4. The minimum atomic E-state index is -3.90. The van der Waals surface area contributed by atoms with Gasteiger partial charge in [-0.3, -0.25) is 19.1 Å². The zero-order valence-electron chi connectivity index (χ0n) is 32.8. The molecule has 7 rings (SSSR count). The van der Waals surface area contributed by atoms with Gasteiger partial charge < -0.3 is 24.8 Å². The molecule has 1 aliphatic heterocycles. The Bertz CT molecular complexity index is 2170. The fourth-order valence-electron chi connectivity index (χ4n) is 7.87. The minimum absolute atomic E-state index is 0.0799. The highest BCUT2D eigenvalue weighted by atomic mass is 32.2. The number of ketones is 1. The number of hydrogen-bond acceptors (Lipinski definition) is 11. The van der Waals surface area contributed by atoms with Crippen LogP contribution in [0.1, 0.15) is 85.0 Å². The quantitative estimate of drug-likeness (QED) is 0.242. The first-order valence-corrected chi connectivity index (χ1v) is 21.4. The molecular formula is C42H51N5O9S. The molecule has 0 spiro atoms. The van der Waals surface area contributed by atoms with Gasteiger partial charge in [0.15, 0.2) is 5.78 Å². The average Bonchev–Trinajstić information content (AvgIpc) is 4.09. The molecule has 3 fully saturated rings. The number of benzene rings is 2. The Morgan fingerprint density at radius 2 is 1.61 bits per heavy atom. The molecule has 0 radical (unpaired) electrons. The number of allylic oxidation sites excluding steroid dienone is 1. The van der Waals surface area contributed by atoms with Gasteiger partial charge in [-0.1, -0.05) is 37.1 Å². The number of nitrogens with one attached hydrogen (secondary N) is 3. The number of para-hydroxylation sites is 2. The molecule has 3 N–H and O–H groups in total. The molecular weight excluding hydrogens is 751 g/mol. The van der Waals surface area contributed by atoms with Crippen LogP contribution in [0.15, 0.2) is 60.7 Å². The van der Waals surface area contributed by atoms with E-state index in [0.29, 0.717) is 60.1 Å². The van der Waals surface area contributed by atoms with E-state index in [9.17, 15) is 27.6 Å². The highest BCUT2D eigenvalue weighted by Gasteiger charge is 2.62. The molecule has 1 aromatic heterocycles. The van der Waals surface area contributed by atoms with E-state index in [0.717, 1.165) is 12.8 Å². The topological polar surface area (TPSA) is 192 Å². The average molecular weight is 802 g/mol. The van der Waals surface area contributed by atoms with Gasteiger partial charge in [-0.25, -0.2) is 23.2 Å². The van der Waals surface area contributed by atoms with Gasteiger partial charge in [-0.05, 0) is 109 Å². The van der Waals surface area contributed by atoms with Crippen LogP contribution in [0.5, 0.6) is 11.6 Å². The summed E-state index contributed by atoms with van der Waals surface area (Å²) in [6.45, 7) is 5.21. The molecule has 4 aliphatic rings. The molecule has 2 aromatic carbocycles. The molecule has 2 heterocycles. The number of amides is 3. The molecule has 0 bridgehead atoms. The minimum Gasteiger partial charge on any atom is -0.497 e. The van der Waals surface area contributed by atoms with Gasteiger partial charge >= 0.3 is 6.09 Å². The Balaban J connectivity index is 1.22. The molecule has 14 nitrogen and oxygen atoms in total. The van der Waals surface area contributed by atoms with Gasteiger partial charge in [0, 0.05) is 17.4 Å². The predicted octanol–water partition coefficient (Wildman–Crippen LogP) is 5.55. The van der Waals surface area contributed by atoms with Crippen molar-refractivity contribution in [3.8, 4) is 22.9 Å². The van der Waals surface area contributed by atoms with Crippen molar-refractivity contribution >= 4 is 44.7 Å². The Morgan fingerprint density at radius 3 is 2.30 bits per heavy atom. The van der Waals surface area contributed by atoms with Gasteiger partial charge in [-0.2, -0.15) is 0 Å². The molecule has 0 saturated heterocycles. The van der Waals surface area contributed by atoms with Crippen LogP contribution in [0.3, 0.4) is 0 Å². The van der Waals surface area contributed by atoms with Crippen molar-refractivity contribution in [1.82, 2.24) is 25.3 Å². The first kappa shape index (κ1) is 40.2. The number of methoxy groups -OCH3 is 1. The lowest BCUT2D eigenvalue weighted by molar-refractivity contribution is -0.136. The molecule has 2 unspecified atom stereocenters. The molecule has 15 heteroatoms. The molecule has 6 atom stereocenters. The number of Topliss-reactive ketones (excluding diaryl/α,β-unsaturated/α-hetero) is 1. The van der Waals surface area contributed by atoms with Crippen LogP contribution in [0.2, 0.25) is 0 Å². The third-order valence-corrected chi connectivity index (χ3v) is 13.0. The number of sulfonamides is 1. The summed E-state index contributed by atoms with van der Waals surface area (Å²) in [7, 11) is -2.32. The lowest BCUT2D eigenvalue weighted by Crippen LogP contribution is -2.54. The molecule has 304 valence electrons. The van der Waals surface area contributed by atoms with Gasteiger partial charge in [0.25, 0.3) is 5.91 Å². The number of alkyl carbamates (subject to hydrolysis) is 1. The number of ether oxygens (including phenoxy) is 3. The van der Waals surface area contributed by atoms with E-state index in [2.05, 4.69) is 15.4 Å². The van der Waals surface area contributed by atoms with Crippen molar-refractivity contribution < 1.29 is 41.8 Å². The fourth-order valence-corrected chi connectivity index (χ4v) is 9.23. The summed E-state index contributed by atoms with van der Waals surface area (Å²) in [6.07, 6.45) is 6.97. The third-order valence-electron chi connectivity index (χ3n) is 11.1. The van der Waals surface area contributed by atoms with E-state index in [4.69, 9.17) is 24.2 Å². The molecule has 3 aliphatic carbocycles. The van der Waals surface area contributed by atoms with Crippen molar-refractivity contribution in [2.45, 2.75) is 114 Å². The maximum Gasteiger partial charge on any atom is 0.408 e. The lowest BCUT2D eigenvalue weighted by Gasteiger charge is -2.27. The number of rotatable bonds is 8. The molecule has 3 aromatic rings. The predicted molar refractivity (Wildman–Crippen MR) is 212 cm³/mol. The Labute approximate surface area is 333 Å². The van der Waals surface area contributed by atoms with Crippen molar-refractivity contribution in [2.24, 2.45) is 17.8 Å². The first-order valence-electron chi connectivity index (χ1n) is 19.8. The van der Waals surface area contributed by atoms with E-state index in [1.165, 1.54) is 0 Å². The standard InChI is InChI=1S/C42H51N5O9S/c1-41(2,3)56-40(51)45-34-15-9-7-5-6-8-12-26-24-42(26,39(50)47-57(52,53)29-20-21-29)46-37(49)31-23-28(22-30(31)36(34)48)55-38-35(25-16-18-27(54-4)19-17-25)43-32-13-10-11-14-33(32)44-38/h8,10-14,16-19,26,28-31,34H,5-7,9,15,20-24H2,1-4H3,(H,45,51)(H,46,49)(H,47,50)/b12-8-/t26?,28-,30?,31+,34+,42+/m0/s1. The number of aromatic nitrogens is 2. The number of hydrogen-bond donors (Lipinski definition) is 3. The van der Waals surface area contributed by atoms with E-state index < -0.39 is 74.2 Å². The van der Waals surface area contributed by atoms with Gasteiger partial charge in [0.2, 0.25) is 21.8 Å². The normalized spacial score (nSPS) is 27.4. The third kappa shape index (κ3) is 9.24. The monoisotopic (exact) mass is 801 g/mol. The Hall–Kier alpha value is -5.05. The maximum atomic E-state index is 14.7. The fraction of sp³-hybridized carbons (Fsp3) is 0.524. The summed E-state index contributed by atoms with van der Waals surface area (Å²) in [4.78, 5) is 65.9. The molecule has 3 amide bonds. The number of fused-ring (bicyclic) bond motifs is 3. The summed E-state index contributed by atoms with van der Waals surface area (Å²) >= 11 is 0. The second kappa shape index (κ2) is 16.1. The van der Waals surface area contributed by atoms with Crippen LogP contribution in [-0.2, 0) is 29.1 Å². The first-order chi connectivity index (χ1) is 27.2. The summed E-state index contributed by atoms with van der Waals surface area (Å²) < 4.78 is 45.6. The smallest absolute Gasteiger partial charge is 0.408 e. The van der Waals surface area contributed by atoms with Gasteiger partial charge in [0.05, 0.1) is 35.4 Å². The van der Waals surface area contributed by atoms with E-state index in [-0.39, 0.29) is 30.9 Å². The second-order valence-electron chi connectivity index (χ2n) is 16.6. The largest absolute Gasteiger partial charge is 0.497 e. The van der Waals surface area contributed by atoms with Crippen LogP contribution in [-0.4, -0.2) is 77.7 Å². The highest BCUT2D eigenvalue weighted by Crippen LogP contribution is 2.47. The Morgan fingerprint density at radius 1 is 0.912 bits per heavy atom. The summed E-state index contributed by atoms with van der Waals surface area (Å²) in [5.41, 5.74) is 0.118. The highest BCUT2D eigenvalue weighted by molar-refractivity contribution is 7.91. The van der Waals surface area contributed by atoms with Crippen LogP contribution in [0.4, 0.5) is 4.79 Å². The van der Waals surface area contributed by atoms with Crippen LogP contribution < -0.4 is 24.8 Å². The number of nitrogens with zero attached hydrogens (tertiary/aromatic N) is 2. The van der Waals surface area contributed by atoms with Crippen molar-refractivity contribution in [3.05, 3.63) is 60.7 Å². The molecule has 3 saturated carbocycles. The second-order valence-corrected chi connectivity index (χ2v) is 18.6. The Kier molecular flexibility index (Phi) is 11.3. The van der Waals surface area contributed by atoms with Gasteiger partial charge in [-0.15, -0.1) is 0 Å².